The highest BCUT2D eigenvalue weighted by atomic mass is 19.4. The van der Waals surface area contributed by atoms with Crippen LogP contribution in [0, 0.1) is 0 Å². The van der Waals surface area contributed by atoms with Crippen molar-refractivity contribution in [3.05, 3.63) is 30.2 Å². The van der Waals surface area contributed by atoms with Crippen LogP contribution < -0.4 is 4.90 Å². The highest BCUT2D eigenvalue weighted by Gasteiger charge is 2.39. The van der Waals surface area contributed by atoms with Crippen molar-refractivity contribution >= 4 is 5.95 Å². The molecule has 2 aliphatic rings. The third kappa shape index (κ3) is 3.63. The first-order valence-electron chi connectivity index (χ1n) is 8.37. The number of piperazine rings is 1. The Hall–Kier alpha value is -2.27. The van der Waals surface area contributed by atoms with Gasteiger partial charge in [0.2, 0.25) is 11.8 Å². The lowest BCUT2D eigenvalue weighted by Crippen LogP contribution is -2.62. The monoisotopic (exact) mass is 369 g/mol. The van der Waals surface area contributed by atoms with E-state index in [4.69, 9.17) is 0 Å². The Balaban J connectivity index is 1.23. The Labute approximate surface area is 147 Å². The van der Waals surface area contributed by atoms with Crippen molar-refractivity contribution in [2.75, 3.05) is 44.2 Å². The van der Waals surface area contributed by atoms with Crippen molar-refractivity contribution < 1.29 is 17.6 Å². The van der Waals surface area contributed by atoms with Gasteiger partial charge < -0.3 is 9.32 Å². The molecule has 0 aromatic carbocycles. The molecule has 4 rings (SSSR count). The molecule has 11 heteroatoms. The van der Waals surface area contributed by atoms with Crippen molar-refractivity contribution in [1.29, 1.82) is 0 Å². The molecule has 0 atom stereocenters. The second-order valence-corrected chi connectivity index (χ2v) is 6.42. The highest BCUT2D eigenvalue weighted by Crippen LogP contribution is 2.28. The minimum absolute atomic E-state index is 0.00169. The molecule has 140 valence electrons. The lowest BCUT2D eigenvalue weighted by molar-refractivity contribution is -0.157. The van der Waals surface area contributed by atoms with Gasteiger partial charge in [0.15, 0.2) is 0 Å². The number of anilines is 1. The van der Waals surface area contributed by atoms with Gasteiger partial charge in [0.1, 0.15) is 0 Å². The van der Waals surface area contributed by atoms with E-state index in [0.717, 1.165) is 45.2 Å². The van der Waals surface area contributed by atoms with E-state index in [1.165, 1.54) is 0 Å². The Bertz CT molecular complexity index is 724. The zero-order valence-corrected chi connectivity index (χ0v) is 13.9. The molecular formula is C15H18F3N7O. The fraction of sp³-hybridized carbons (Fsp3) is 0.600. The summed E-state index contributed by atoms with van der Waals surface area (Å²) in [6.45, 7) is 5.36. The van der Waals surface area contributed by atoms with E-state index >= 15 is 0 Å². The number of hydrogen-bond donors (Lipinski definition) is 0. The van der Waals surface area contributed by atoms with Crippen LogP contribution in [0.5, 0.6) is 0 Å². The van der Waals surface area contributed by atoms with Crippen molar-refractivity contribution in [1.82, 2.24) is 30.0 Å². The van der Waals surface area contributed by atoms with E-state index in [2.05, 4.69) is 34.4 Å². The maximum absolute atomic E-state index is 12.5. The van der Waals surface area contributed by atoms with Crippen molar-refractivity contribution in [3.8, 4) is 0 Å². The number of hydrogen-bond acceptors (Lipinski definition) is 8. The van der Waals surface area contributed by atoms with Gasteiger partial charge in [-0.2, -0.15) is 13.2 Å². The molecule has 2 aromatic rings. The maximum atomic E-state index is 12.5. The van der Waals surface area contributed by atoms with Crippen LogP contribution in [-0.2, 0) is 12.7 Å². The maximum Gasteiger partial charge on any atom is 0.470 e. The molecule has 2 aromatic heterocycles. The van der Waals surface area contributed by atoms with Crippen molar-refractivity contribution in [2.24, 2.45) is 0 Å². The molecule has 0 unspecified atom stereocenters. The minimum Gasteiger partial charge on any atom is -0.416 e. The number of halogens is 3. The Morgan fingerprint density at radius 3 is 2.35 bits per heavy atom. The topological polar surface area (TPSA) is 74.4 Å². The SMILES string of the molecule is FC(F)(F)c1nnc(CN2CC(N3CCN(c4ncccn4)CC3)C2)o1. The van der Waals surface area contributed by atoms with Crippen LogP contribution >= 0.6 is 0 Å². The van der Waals surface area contributed by atoms with E-state index in [9.17, 15) is 13.2 Å². The summed E-state index contributed by atoms with van der Waals surface area (Å²) >= 11 is 0. The standard InChI is InChI=1S/C15H18F3N7O/c16-15(17,18)13-22-21-12(26-13)10-23-8-11(9-23)24-4-6-25(7-5-24)14-19-2-1-3-20-14/h1-3,11H,4-10H2. The van der Waals surface area contributed by atoms with Gasteiger partial charge in [-0.1, -0.05) is 0 Å². The molecular weight excluding hydrogens is 351 g/mol. The lowest BCUT2D eigenvalue weighted by Gasteiger charge is -2.47. The highest BCUT2D eigenvalue weighted by molar-refractivity contribution is 5.29. The summed E-state index contributed by atoms with van der Waals surface area (Å²) < 4.78 is 42.1. The zero-order valence-electron chi connectivity index (χ0n) is 13.9. The summed E-state index contributed by atoms with van der Waals surface area (Å²) in [5.74, 6) is -0.537. The normalized spacial score (nSPS) is 20.3. The molecule has 0 aliphatic carbocycles. The molecule has 4 heterocycles. The van der Waals surface area contributed by atoms with Gasteiger partial charge in [-0.25, -0.2) is 9.97 Å². The van der Waals surface area contributed by atoms with Crippen LogP contribution in [0.25, 0.3) is 0 Å². The fourth-order valence-electron chi connectivity index (χ4n) is 3.27. The smallest absolute Gasteiger partial charge is 0.416 e. The number of rotatable bonds is 4. The third-order valence-electron chi connectivity index (χ3n) is 4.67. The Kier molecular flexibility index (Phi) is 4.49. The average Bonchev–Trinajstić information content (AvgIpc) is 3.08. The van der Waals surface area contributed by atoms with Gasteiger partial charge in [0.05, 0.1) is 6.54 Å². The molecule has 0 amide bonds. The van der Waals surface area contributed by atoms with E-state index in [-0.39, 0.29) is 12.4 Å². The van der Waals surface area contributed by atoms with Crippen LogP contribution in [0.1, 0.15) is 11.8 Å². The average molecular weight is 369 g/mol. The summed E-state index contributed by atoms with van der Waals surface area (Å²) in [5, 5.41) is 6.52. The zero-order chi connectivity index (χ0) is 18.1. The number of nitrogens with zero attached hydrogens (tertiary/aromatic N) is 7. The van der Waals surface area contributed by atoms with Crippen LogP contribution in [0.4, 0.5) is 19.1 Å². The first-order chi connectivity index (χ1) is 12.5. The third-order valence-corrected chi connectivity index (χ3v) is 4.67. The number of aromatic nitrogens is 4. The molecule has 0 bridgehead atoms. The number of alkyl halides is 3. The molecule has 2 fully saturated rings. The van der Waals surface area contributed by atoms with Gasteiger partial charge >= 0.3 is 12.1 Å². The molecule has 26 heavy (non-hydrogen) atoms. The summed E-state index contributed by atoms with van der Waals surface area (Å²) in [4.78, 5) is 15.1. The molecule has 8 nitrogen and oxygen atoms in total. The van der Waals surface area contributed by atoms with Crippen LogP contribution in [-0.4, -0.2) is 75.3 Å². The van der Waals surface area contributed by atoms with E-state index < -0.39 is 12.1 Å². The van der Waals surface area contributed by atoms with E-state index in [1.807, 2.05) is 4.90 Å². The quantitative estimate of drug-likeness (QED) is 0.787. The van der Waals surface area contributed by atoms with Gasteiger partial charge in [0, 0.05) is 57.7 Å². The molecule has 2 aliphatic heterocycles. The first-order valence-corrected chi connectivity index (χ1v) is 8.37. The van der Waals surface area contributed by atoms with Crippen LogP contribution in [0.2, 0.25) is 0 Å². The van der Waals surface area contributed by atoms with Crippen molar-refractivity contribution in [3.63, 3.8) is 0 Å². The summed E-state index contributed by atoms with van der Waals surface area (Å²) in [5.41, 5.74) is 0. The van der Waals surface area contributed by atoms with Gasteiger partial charge in [0.25, 0.3) is 0 Å². The molecule has 0 spiro atoms. The first kappa shape index (κ1) is 17.2. The second kappa shape index (κ2) is 6.80. The van der Waals surface area contributed by atoms with E-state index in [0.29, 0.717) is 6.04 Å². The minimum atomic E-state index is -4.59. The lowest BCUT2D eigenvalue weighted by atomic mass is 10.1. The molecule has 0 N–H and O–H groups in total. The summed E-state index contributed by atoms with van der Waals surface area (Å²) in [6, 6.07) is 2.20. The molecule has 0 saturated carbocycles. The second-order valence-electron chi connectivity index (χ2n) is 6.42. The van der Waals surface area contributed by atoms with Crippen LogP contribution in [0.3, 0.4) is 0 Å². The molecule has 0 radical (unpaired) electrons. The van der Waals surface area contributed by atoms with Gasteiger partial charge in [-0.05, 0) is 6.07 Å². The predicted molar refractivity (Wildman–Crippen MR) is 84.2 cm³/mol. The fourth-order valence-corrected chi connectivity index (χ4v) is 3.27. The van der Waals surface area contributed by atoms with E-state index in [1.54, 1.807) is 18.5 Å². The molecule has 2 saturated heterocycles. The van der Waals surface area contributed by atoms with Crippen LogP contribution in [0.15, 0.2) is 22.9 Å². The largest absolute Gasteiger partial charge is 0.470 e. The predicted octanol–water partition coefficient (Wildman–Crippen LogP) is 0.885. The Morgan fingerprint density at radius 1 is 1.04 bits per heavy atom. The van der Waals surface area contributed by atoms with Gasteiger partial charge in [-0.3, -0.25) is 9.80 Å². The summed E-state index contributed by atoms with van der Waals surface area (Å²) in [6.07, 6.45) is -1.12. The Morgan fingerprint density at radius 2 is 1.73 bits per heavy atom. The van der Waals surface area contributed by atoms with Crippen molar-refractivity contribution in [2.45, 2.75) is 18.8 Å². The number of likely N-dealkylation sites (tertiary alicyclic amines) is 1. The van der Waals surface area contributed by atoms with Gasteiger partial charge in [-0.15, -0.1) is 10.2 Å². The summed E-state index contributed by atoms with van der Waals surface area (Å²) in [7, 11) is 0.